The van der Waals surface area contributed by atoms with E-state index < -0.39 is 6.04 Å². The van der Waals surface area contributed by atoms with Crippen LogP contribution in [0, 0.1) is 0 Å². The van der Waals surface area contributed by atoms with Crippen molar-refractivity contribution in [3.8, 4) is 5.75 Å². The van der Waals surface area contributed by atoms with E-state index in [2.05, 4.69) is 0 Å². The minimum absolute atomic E-state index is 0.101. The molecule has 21 heavy (non-hydrogen) atoms. The number of amides is 1. The van der Waals surface area contributed by atoms with Crippen LogP contribution in [0.4, 0.5) is 0 Å². The topological polar surface area (TPSA) is 66.6 Å². The Morgan fingerprint density at radius 2 is 2.14 bits per heavy atom. The van der Waals surface area contributed by atoms with Crippen LogP contribution in [0.15, 0.2) is 41.8 Å². The van der Waals surface area contributed by atoms with Crippen LogP contribution < -0.4 is 5.73 Å². The maximum atomic E-state index is 12.6. The third-order valence-electron chi connectivity index (χ3n) is 3.56. The molecule has 0 aliphatic rings. The van der Waals surface area contributed by atoms with Crippen molar-refractivity contribution >= 4 is 17.2 Å². The molecule has 1 amide bonds. The van der Waals surface area contributed by atoms with E-state index in [1.807, 2.05) is 37.4 Å². The smallest absolute Gasteiger partial charge is 0.245 e. The first-order valence-corrected chi connectivity index (χ1v) is 7.81. The molecule has 1 aromatic heterocycles. The lowest BCUT2D eigenvalue weighted by molar-refractivity contribution is -0.134. The number of phenols is 1. The van der Waals surface area contributed by atoms with Crippen LogP contribution >= 0.6 is 11.3 Å². The second-order valence-corrected chi connectivity index (χ2v) is 5.87. The summed E-state index contributed by atoms with van der Waals surface area (Å²) in [6.45, 7) is 4.43. The summed E-state index contributed by atoms with van der Waals surface area (Å²) in [6, 6.07) is 9.96. The van der Waals surface area contributed by atoms with Gasteiger partial charge in [-0.3, -0.25) is 4.79 Å². The van der Waals surface area contributed by atoms with Gasteiger partial charge in [0.2, 0.25) is 5.91 Å². The van der Waals surface area contributed by atoms with Gasteiger partial charge in [-0.15, -0.1) is 11.3 Å². The number of thiophene rings is 1. The van der Waals surface area contributed by atoms with Crippen molar-refractivity contribution in [3.63, 3.8) is 0 Å². The molecule has 1 aromatic carbocycles. The zero-order chi connectivity index (χ0) is 15.4. The van der Waals surface area contributed by atoms with Gasteiger partial charge in [0, 0.05) is 11.4 Å². The van der Waals surface area contributed by atoms with E-state index in [9.17, 15) is 9.90 Å². The van der Waals surface area contributed by atoms with Gasteiger partial charge in [-0.05, 0) is 43.0 Å². The number of carbonyl (C=O) groups is 1. The Hall–Kier alpha value is -1.85. The third kappa shape index (κ3) is 3.43. The molecule has 0 aliphatic carbocycles. The fourth-order valence-electron chi connectivity index (χ4n) is 2.35. The molecule has 0 spiro atoms. The van der Waals surface area contributed by atoms with Crippen LogP contribution in [0.3, 0.4) is 0 Å². The summed E-state index contributed by atoms with van der Waals surface area (Å²) in [5.41, 5.74) is 6.97. The fraction of sp³-hybridized carbons (Fsp3) is 0.312. The first-order valence-electron chi connectivity index (χ1n) is 6.93. The molecule has 4 nitrogen and oxygen atoms in total. The highest BCUT2D eigenvalue weighted by atomic mass is 32.1. The number of rotatable bonds is 5. The lowest BCUT2D eigenvalue weighted by Crippen LogP contribution is -2.39. The van der Waals surface area contributed by atoms with E-state index in [0.29, 0.717) is 6.54 Å². The molecule has 2 aromatic rings. The van der Waals surface area contributed by atoms with Gasteiger partial charge in [-0.2, -0.15) is 0 Å². The van der Waals surface area contributed by atoms with Crippen molar-refractivity contribution in [2.75, 3.05) is 6.54 Å². The number of nitrogens with two attached hydrogens (primary N) is 1. The molecule has 0 saturated heterocycles. The largest absolute Gasteiger partial charge is 0.508 e. The highest BCUT2D eigenvalue weighted by molar-refractivity contribution is 7.10. The van der Waals surface area contributed by atoms with Gasteiger partial charge >= 0.3 is 0 Å². The number of hydrogen-bond donors (Lipinski definition) is 2. The lowest BCUT2D eigenvalue weighted by Gasteiger charge is -2.30. The average molecular weight is 304 g/mol. The van der Waals surface area contributed by atoms with Gasteiger partial charge in [-0.25, -0.2) is 0 Å². The Bertz CT molecular complexity index is 598. The Morgan fingerprint density at radius 1 is 1.38 bits per heavy atom. The van der Waals surface area contributed by atoms with Crippen LogP contribution in [0.25, 0.3) is 0 Å². The summed E-state index contributed by atoms with van der Waals surface area (Å²) in [7, 11) is 0. The monoisotopic (exact) mass is 304 g/mol. The molecule has 3 N–H and O–H groups in total. The minimum Gasteiger partial charge on any atom is -0.508 e. The summed E-state index contributed by atoms with van der Waals surface area (Å²) >= 11 is 1.48. The zero-order valence-corrected chi connectivity index (χ0v) is 13.0. The number of carbonyl (C=O) groups excluding carboxylic acids is 1. The molecule has 112 valence electrons. The number of nitrogens with zero attached hydrogens (tertiary/aromatic N) is 1. The van der Waals surface area contributed by atoms with Gasteiger partial charge < -0.3 is 15.7 Å². The van der Waals surface area contributed by atoms with E-state index in [4.69, 9.17) is 5.73 Å². The molecule has 5 heteroatoms. The summed E-state index contributed by atoms with van der Waals surface area (Å²) in [4.78, 5) is 15.2. The molecule has 2 atom stereocenters. The quantitative estimate of drug-likeness (QED) is 0.892. The van der Waals surface area contributed by atoms with Crippen molar-refractivity contribution in [1.29, 1.82) is 0 Å². The number of hydrogen-bond acceptors (Lipinski definition) is 4. The maximum Gasteiger partial charge on any atom is 0.245 e. The summed E-state index contributed by atoms with van der Waals surface area (Å²) in [5.74, 6) is 0.0983. The van der Waals surface area contributed by atoms with Crippen molar-refractivity contribution in [1.82, 2.24) is 4.90 Å². The molecule has 2 rings (SSSR count). The molecule has 0 radical (unpaired) electrons. The summed E-state index contributed by atoms with van der Waals surface area (Å²) in [6.07, 6.45) is 0. The summed E-state index contributed by atoms with van der Waals surface area (Å²) in [5, 5.41) is 11.5. The number of likely N-dealkylation sites (N-methyl/N-ethyl adjacent to an activating group) is 1. The standard InChI is InChI=1S/C16H20N2O2S/c1-3-18(11(2)12-6-4-7-13(19)10-12)16(20)15(17)14-8-5-9-21-14/h4-11,15,19H,3,17H2,1-2H3. The molecule has 0 saturated carbocycles. The molecule has 0 bridgehead atoms. The van der Waals surface area contributed by atoms with Crippen LogP contribution in [0.2, 0.25) is 0 Å². The Balaban J connectivity index is 2.20. The Kier molecular flexibility index (Phi) is 4.98. The number of benzene rings is 1. The van der Waals surface area contributed by atoms with Gasteiger partial charge in [0.15, 0.2) is 0 Å². The second-order valence-electron chi connectivity index (χ2n) is 4.89. The number of phenolic OH excluding ortho intramolecular Hbond substituents is 1. The SMILES string of the molecule is CCN(C(=O)C(N)c1cccs1)C(C)c1cccc(O)c1. The van der Waals surface area contributed by atoms with Gasteiger partial charge in [0.25, 0.3) is 0 Å². The van der Waals surface area contributed by atoms with Crippen molar-refractivity contribution in [3.05, 3.63) is 52.2 Å². The molecule has 2 unspecified atom stereocenters. The molecule has 0 fully saturated rings. The van der Waals surface area contributed by atoms with Crippen LogP contribution in [-0.2, 0) is 4.79 Å². The van der Waals surface area contributed by atoms with Crippen LogP contribution in [0.1, 0.15) is 36.4 Å². The third-order valence-corrected chi connectivity index (χ3v) is 4.52. The predicted molar refractivity (Wildman–Crippen MR) is 85.2 cm³/mol. The number of aromatic hydroxyl groups is 1. The highest BCUT2D eigenvalue weighted by Crippen LogP contribution is 2.27. The zero-order valence-electron chi connectivity index (χ0n) is 12.2. The van der Waals surface area contributed by atoms with Gasteiger partial charge in [0.1, 0.15) is 11.8 Å². The van der Waals surface area contributed by atoms with E-state index >= 15 is 0 Å². The Labute approximate surface area is 128 Å². The maximum absolute atomic E-state index is 12.6. The van der Waals surface area contributed by atoms with Gasteiger partial charge in [-0.1, -0.05) is 18.2 Å². The predicted octanol–water partition coefficient (Wildman–Crippen LogP) is 3.06. The van der Waals surface area contributed by atoms with Crippen molar-refractivity contribution < 1.29 is 9.90 Å². The van der Waals surface area contributed by atoms with Crippen molar-refractivity contribution in [2.45, 2.75) is 25.9 Å². The molecule has 0 aliphatic heterocycles. The van der Waals surface area contributed by atoms with E-state index in [0.717, 1.165) is 10.4 Å². The molecular weight excluding hydrogens is 284 g/mol. The first kappa shape index (κ1) is 15.5. The van der Waals surface area contributed by atoms with Gasteiger partial charge in [0.05, 0.1) is 6.04 Å². The van der Waals surface area contributed by atoms with Crippen LogP contribution in [0.5, 0.6) is 5.75 Å². The van der Waals surface area contributed by atoms with E-state index in [1.54, 1.807) is 23.1 Å². The van der Waals surface area contributed by atoms with E-state index in [1.165, 1.54) is 11.3 Å². The van der Waals surface area contributed by atoms with Crippen molar-refractivity contribution in [2.24, 2.45) is 5.73 Å². The fourth-order valence-corrected chi connectivity index (χ4v) is 3.07. The first-order chi connectivity index (χ1) is 10.0. The Morgan fingerprint density at radius 3 is 2.71 bits per heavy atom. The average Bonchev–Trinajstić information content (AvgIpc) is 3.01. The highest BCUT2D eigenvalue weighted by Gasteiger charge is 2.26. The second kappa shape index (κ2) is 6.74. The summed E-state index contributed by atoms with van der Waals surface area (Å²) < 4.78 is 0. The van der Waals surface area contributed by atoms with E-state index in [-0.39, 0.29) is 17.7 Å². The normalized spacial score (nSPS) is 13.7. The molecule has 1 heterocycles. The minimum atomic E-state index is -0.635. The lowest BCUT2D eigenvalue weighted by atomic mass is 10.1. The van der Waals surface area contributed by atoms with Crippen LogP contribution in [-0.4, -0.2) is 22.5 Å². The molecular formula is C16H20N2O2S.